The molecule has 0 aliphatic rings. The van der Waals surface area contributed by atoms with Crippen LogP contribution in [-0.4, -0.2) is 42.7 Å². The number of nitrogens with one attached hydrogen (secondary N) is 2. The van der Waals surface area contributed by atoms with Crippen LogP contribution in [0.2, 0.25) is 0 Å². The molecule has 1 aromatic carbocycles. The molecular formula is C22H22N8O2. The molecule has 0 fully saturated rings. The normalized spacial score (nSPS) is 10.6. The molecule has 10 heteroatoms. The van der Waals surface area contributed by atoms with Gasteiger partial charge in [0.25, 0.3) is 5.91 Å². The number of anilines is 1. The van der Waals surface area contributed by atoms with Crippen molar-refractivity contribution in [2.24, 2.45) is 7.05 Å². The molecule has 0 saturated carbocycles. The van der Waals surface area contributed by atoms with Gasteiger partial charge in [-0.05, 0) is 30.3 Å². The molecule has 3 aromatic heterocycles. The van der Waals surface area contributed by atoms with Crippen molar-refractivity contribution in [2.75, 3.05) is 12.4 Å². The maximum atomic E-state index is 12.6. The number of pyridine rings is 1. The lowest BCUT2D eigenvalue weighted by molar-refractivity contribution is 0.0950. The summed E-state index contributed by atoms with van der Waals surface area (Å²) < 4.78 is 7.16. The Morgan fingerprint density at radius 3 is 2.78 bits per heavy atom. The third kappa shape index (κ3) is 4.69. The highest BCUT2D eigenvalue weighted by Crippen LogP contribution is 2.17. The highest BCUT2D eigenvalue weighted by atomic mass is 16.5. The molecule has 0 radical (unpaired) electrons. The first kappa shape index (κ1) is 20.9. The van der Waals surface area contributed by atoms with E-state index in [1.807, 2.05) is 23.7 Å². The van der Waals surface area contributed by atoms with E-state index >= 15 is 0 Å². The van der Waals surface area contributed by atoms with Crippen LogP contribution in [0.3, 0.4) is 0 Å². The van der Waals surface area contributed by atoms with Crippen molar-refractivity contribution in [1.29, 1.82) is 0 Å². The zero-order chi connectivity index (χ0) is 22.3. The first-order valence-corrected chi connectivity index (χ1v) is 9.89. The van der Waals surface area contributed by atoms with E-state index in [0.717, 1.165) is 17.1 Å². The van der Waals surface area contributed by atoms with E-state index < -0.39 is 0 Å². The van der Waals surface area contributed by atoms with E-state index in [0.29, 0.717) is 35.9 Å². The largest absolute Gasteiger partial charge is 0.496 e. The fraction of sp³-hybridized carbons (Fsp3) is 0.182. The Balaban J connectivity index is 1.39. The maximum Gasteiger partial charge on any atom is 0.251 e. The second kappa shape index (κ2) is 9.65. The lowest BCUT2D eigenvalue weighted by atomic mass is 10.1. The van der Waals surface area contributed by atoms with Crippen LogP contribution in [0.15, 0.2) is 61.3 Å². The second-order valence-corrected chi connectivity index (χ2v) is 6.90. The van der Waals surface area contributed by atoms with Gasteiger partial charge in [0.2, 0.25) is 0 Å². The molecule has 2 N–H and O–H groups in total. The molecule has 0 bridgehead atoms. The summed E-state index contributed by atoms with van der Waals surface area (Å²) in [6.45, 7) is 0.755. The standard InChI is InChI=1S/C22H22N8O2/c1-30-20(28-29-21(30)18-6-8-24-14-27-18)13-25-17-5-3-4-15(10-17)22(31)26-12-16-11-23-9-7-19(16)32-2/h3-11,14,25H,12-13H2,1-2H3,(H,26,31). The van der Waals surface area contributed by atoms with E-state index in [1.165, 1.54) is 6.33 Å². The molecule has 0 unspecified atom stereocenters. The molecule has 162 valence electrons. The van der Waals surface area contributed by atoms with Gasteiger partial charge in [0, 0.05) is 49.0 Å². The Bertz CT molecular complexity index is 1210. The summed E-state index contributed by atoms with van der Waals surface area (Å²) in [6, 6.07) is 10.8. The van der Waals surface area contributed by atoms with E-state index in [2.05, 4.69) is 35.8 Å². The average molecular weight is 430 g/mol. The van der Waals surface area contributed by atoms with Crippen molar-refractivity contribution < 1.29 is 9.53 Å². The predicted molar refractivity (Wildman–Crippen MR) is 118 cm³/mol. The van der Waals surface area contributed by atoms with Crippen molar-refractivity contribution in [1.82, 2.24) is 35.0 Å². The summed E-state index contributed by atoms with van der Waals surface area (Å²) in [5.41, 5.74) is 2.84. The summed E-state index contributed by atoms with van der Waals surface area (Å²) in [6.07, 6.45) is 6.46. The number of carbonyl (C=O) groups is 1. The molecular weight excluding hydrogens is 408 g/mol. The molecule has 1 amide bonds. The minimum atomic E-state index is -0.190. The fourth-order valence-corrected chi connectivity index (χ4v) is 3.14. The Morgan fingerprint density at radius 1 is 1.09 bits per heavy atom. The third-order valence-corrected chi connectivity index (χ3v) is 4.87. The molecule has 0 saturated heterocycles. The zero-order valence-corrected chi connectivity index (χ0v) is 17.7. The number of rotatable bonds is 8. The van der Waals surface area contributed by atoms with Crippen LogP contribution in [-0.2, 0) is 20.1 Å². The molecule has 3 heterocycles. The van der Waals surface area contributed by atoms with Crippen LogP contribution in [0.5, 0.6) is 5.75 Å². The van der Waals surface area contributed by atoms with Gasteiger partial charge in [-0.3, -0.25) is 9.78 Å². The minimum Gasteiger partial charge on any atom is -0.496 e. The highest BCUT2D eigenvalue weighted by Gasteiger charge is 2.12. The van der Waals surface area contributed by atoms with Gasteiger partial charge < -0.3 is 19.9 Å². The van der Waals surface area contributed by atoms with Gasteiger partial charge >= 0.3 is 0 Å². The second-order valence-electron chi connectivity index (χ2n) is 6.90. The van der Waals surface area contributed by atoms with Crippen LogP contribution in [0.25, 0.3) is 11.5 Å². The molecule has 32 heavy (non-hydrogen) atoms. The van der Waals surface area contributed by atoms with Crippen molar-refractivity contribution in [3.63, 3.8) is 0 Å². The number of amides is 1. The number of hydrogen-bond acceptors (Lipinski definition) is 8. The Morgan fingerprint density at radius 2 is 1.97 bits per heavy atom. The highest BCUT2D eigenvalue weighted by molar-refractivity contribution is 5.95. The van der Waals surface area contributed by atoms with Gasteiger partial charge in [0.05, 0.1) is 13.7 Å². The number of nitrogens with zero attached hydrogens (tertiary/aromatic N) is 6. The van der Waals surface area contributed by atoms with Gasteiger partial charge in [0.1, 0.15) is 17.8 Å². The van der Waals surface area contributed by atoms with Gasteiger partial charge in [-0.15, -0.1) is 10.2 Å². The van der Waals surface area contributed by atoms with Crippen LogP contribution < -0.4 is 15.4 Å². The van der Waals surface area contributed by atoms with Gasteiger partial charge in [-0.1, -0.05) is 6.07 Å². The molecule has 0 aliphatic carbocycles. The summed E-state index contributed by atoms with van der Waals surface area (Å²) in [7, 11) is 3.47. The number of carbonyl (C=O) groups excluding carboxylic acids is 1. The van der Waals surface area contributed by atoms with E-state index in [9.17, 15) is 4.79 Å². The van der Waals surface area contributed by atoms with Crippen molar-refractivity contribution in [2.45, 2.75) is 13.1 Å². The van der Waals surface area contributed by atoms with Crippen LogP contribution in [0.4, 0.5) is 5.69 Å². The Hall–Kier alpha value is -4.34. The number of methoxy groups -OCH3 is 1. The summed E-state index contributed by atoms with van der Waals surface area (Å²) >= 11 is 0. The summed E-state index contributed by atoms with van der Waals surface area (Å²) in [5, 5.41) is 14.6. The predicted octanol–water partition coefficient (Wildman–Crippen LogP) is 2.22. The smallest absolute Gasteiger partial charge is 0.251 e. The van der Waals surface area contributed by atoms with Gasteiger partial charge in [-0.25, -0.2) is 9.97 Å². The topological polar surface area (TPSA) is 120 Å². The fourth-order valence-electron chi connectivity index (χ4n) is 3.14. The SMILES string of the molecule is COc1ccncc1CNC(=O)c1cccc(NCc2nnc(-c3ccncn3)n2C)c1. The third-order valence-electron chi connectivity index (χ3n) is 4.87. The average Bonchev–Trinajstić information content (AvgIpc) is 3.22. The first-order valence-electron chi connectivity index (χ1n) is 9.89. The summed E-state index contributed by atoms with van der Waals surface area (Å²) in [5.74, 6) is 1.88. The number of aromatic nitrogens is 6. The molecule has 4 aromatic rings. The Labute approximate surface area is 184 Å². The van der Waals surface area contributed by atoms with E-state index in [-0.39, 0.29) is 5.91 Å². The van der Waals surface area contributed by atoms with Crippen molar-refractivity contribution in [3.05, 3.63) is 78.3 Å². The van der Waals surface area contributed by atoms with Crippen LogP contribution >= 0.6 is 0 Å². The molecule has 0 aliphatic heterocycles. The van der Waals surface area contributed by atoms with E-state index in [1.54, 1.807) is 50.0 Å². The number of benzene rings is 1. The van der Waals surface area contributed by atoms with Crippen molar-refractivity contribution >= 4 is 11.6 Å². The lowest BCUT2D eigenvalue weighted by Crippen LogP contribution is -2.23. The quantitative estimate of drug-likeness (QED) is 0.437. The minimum absolute atomic E-state index is 0.190. The zero-order valence-electron chi connectivity index (χ0n) is 17.7. The van der Waals surface area contributed by atoms with E-state index in [4.69, 9.17) is 4.74 Å². The Kier molecular flexibility index (Phi) is 6.30. The number of hydrogen-bond donors (Lipinski definition) is 2. The van der Waals surface area contributed by atoms with Gasteiger partial charge in [-0.2, -0.15) is 0 Å². The molecule has 0 spiro atoms. The maximum absolute atomic E-state index is 12.6. The monoisotopic (exact) mass is 430 g/mol. The lowest BCUT2D eigenvalue weighted by Gasteiger charge is -2.11. The van der Waals surface area contributed by atoms with Gasteiger partial charge in [0.15, 0.2) is 11.6 Å². The van der Waals surface area contributed by atoms with Crippen LogP contribution in [0.1, 0.15) is 21.7 Å². The molecule has 4 rings (SSSR count). The first-order chi connectivity index (χ1) is 15.7. The van der Waals surface area contributed by atoms with Crippen LogP contribution in [0, 0.1) is 0 Å². The number of ether oxygens (including phenoxy) is 1. The molecule has 0 atom stereocenters. The summed E-state index contributed by atoms with van der Waals surface area (Å²) in [4.78, 5) is 24.8. The van der Waals surface area contributed by atoms with Crippen molar-refractivity contribution in [3.8, 4) is 17.3 Å². The molecule has 10 nitrogen and oxygen atoms in total.